The lowest BCUT2D eigenvalue weighted by molar-refractivity contribution is -0.274. The van der Waals surface area contributed by atoms with Crippen molar-refractivity contribution in [3.05, 3.63) is 90.1 Å². The van der Waals surface area contributed by atoms with Crippen molar-refractivity contribution in [2.24, 2.45) is 0 Å². The van der Waals surface area contributed by atoms with E-state index in [1.165, 1.54) is 53.3 Å². The summed E-state index contributed by atoms with van der Waals surface area (Å²) in [5.41, 5.74) is 0.517. The van der Waals surface area contributed by atoms with Crippen LogP contribution in [0.25, 0.3) is 33.8 Å². The molecule has 8 nitrogen and oxygen atoms in total. The summed E-state index contributed by atoms with van der Waals surface area (Å²) in [6.45, 7) is 0. The Morgan fingerprint density at radius 3 is 2.14 bits per heavy atom. The smallest absolute Gasteiger partial charge is 0.406 e. The highest BCUT2D eigenvalue weighted by atomic mass is 35.5. The number of halogens is 7. The number of hydrogen-bond donors (Lipinski definition) is 0. The third-order valence-corrected chi connectivity index (χ3v) is 7.32. The highest BCUT2D eigenvalue weighted by molar-refractivity contribution is 7.90. The average molecular weight is 628 g/mol. The predicted octanol–water partition coefficient (Wildman–Crippen LogP) is 6.76. The van der Waals surface area contributed by atoms with Crippen molar-refractivity contribution < 1.29 is 39.5 Å². The summed E-state index contributed by atoms with van der Waals surface area (Å²) in [4.78, 5) is 3.45. The van der Waals surface area contributed by atoms with E-state index in [0.29, 0.717) is 22.9 Å². The summed E-state index contributed by atoms with van der Waals surface area (Å²) in [6.07, 6.45) is -6.64. The molecule has 3 aromatic carbocycles. The van der Waals surface area contributed by atoms with Crippen LogP contribution in [-0.4, -0.2) is 45.6 Å². The lowest BCUT2D eigenvalue weighted by Crippen LogP contribution is -2.16. The van der Waals surface area contributed by atoms with E-state index in [4.69, 9.17) is 11.6 Å². The van der Waals surface area contributed by atoms with Gasteiger partial charge in [-0.05, 0) is 71.3 Å². The maximum atomic E-state index is 13.4. The number of hydrogen-bond acceptors (Lipinski definition) is 6. The highest BCUT2D eigenvalue weighted by Crippen LogP contribution is 2.35. The second-order valence-electron chi connectivity index (χ2n) is 8.87. The van der Waals surface area contributed by atoms with Crippen molar-refractivity contribution in [3.8, 4) is 39.5 Å². The van der Waals surface area contributed by atoms with E-state index in [1.807, 2.05) is 0 Å². The zero-order chi connectivity index (χ0) is 30.4. The summed E-state index contributed by atoms with van der Waals surface area (Å²) in [7, 11) is -3.56. The van der Waals surface area contributed by atoms with E-state index in [2.05, 4.69) is 20.0 Å². The minimum Gasteiger partial charge on any atom is -0.406 e. The number of rotatable bonds is 6. The number of nitrogens with zero attached hydrogens (tertiary/aromatic N) is 5. The first-order chi connectivity index (χ1) is 19.6. The van der Waals surface area contributed by atoms with Crippen LogP contribution in [0, 0.1) is 0 Å². The van der Waals surface area contributed by atoms with E-state index >= 15 is 0 Å². The maximum Gasteiger partial charge on any atom is 0.573 e. The summed E-state index contributed by atoms with van der Waals surface area (Å²) < 4.78 is 108. The largest absolute Gasteiger partial charge is 0.573 e. The monoisotopic (exact) mass is 627 g/mol. The molecule has 0 spiro atoms. The van der Waals surface area contributed by atoms with Gasteiger partial charge in [-0.1, -0.05) is 23.4 Å². The SMILES string of the molecule is CS(=O)(=O)c1cccc(-c2ccc(-n3cc(C(F)(F)F)nc3Cl)c(-n3nncc3-c3ccc(OC(F)(F)F)cc3)c2)c1. The van der Waals surface area contributed by atoms with Crippen molar-refractivity contribution in [2.75, 3.05) is 6.26 Å². The molecule has 0 saturated heterocycles. The summed E-state index contributed by atoms with van der Waals surface area (Å²) >= 11 is 6.11. The lowest BCUT2D eigenvalue weighted by atomic mass is 10.0. The molecule has 0 unspecified atom stereocenters. The maximum absolute atomic E-state index is 13.4. The van der Waals surface area contributed by atoms with Crippen LogP contribution in [0.4, 0.5) is 26.3 Å². The predicted molar refractivity (Wildman–Crippen MR) is 139 cm³/mol. The van der Waals surface area contributed by atoms with Gasteiger partial charge in [0.05, 0.1) is 28.2 Å². The van der Waals surface area contributed by atoms with Crippen LogP contribution in [0.15, 0.2) is 84.0 Å². The molecule has 0 aliphatic heterocycles. The van der Waals surface area contributed by atoms with Gasteiger partial charge in [0.15, 0.2) is 15.5 Å². The van der Waals surface area contributed by atoms with Crippen LogP contribution in [-0.2, 0) is 16.0 Å². The van der Waals surface area contributed by atoms with E-state index in [1.54, 1.807) is 12.1 Å². The van der Waals surface area contributed by atoms with E-state index < -0.39 is 39.1 Å². The number of ether oxygens (including phenoxy) is 1. The quantitative estimate of drug-likeness (QED) is 0.193. The molecule has 0 bridgehead atoms. The molecular formula is C26H16ClF6N5O3S. The Balaban J connectivity index is 1.69. The molecule has 0 fully saturated rings. The molecule has 2 heterocycles. The Hall–Kier alpha value is -4.37. The topological polar surface area (TPSA) is 91.9 Å². The summed E-state index contributed by atoms with van der Waals surface area (Å²) in [6, 6.07) is 15.3. The van der Waals surface area contributed by atoms with Gasteiger partial charge < -0.3 is 4.74 Å². The average Bonchev–Trinajstić information content (AvgIpc) is 3.54. The van der Waals surface area contributed by atoms with Gasteiger partial charge in [0.25, 0.3) is 0 Å². The molecule has 16 heteroatoms. The molecule has 0 aliphatic rings. The molecule has 0 aliphatic carbocycles. The van der Waals surface area contributed by atoms with Crippen molar-refractivity contribution in [2.45, 2.75) is 17.4 Å². The molecule has 0 N–H and O–H groups in total. The fourth-order valence-electron chi connectivity index (χ4n) is 4.08. The minimum absolute atomic E-state index is 0.0423. The Kier molecular flexibility index (Phi) is 7.27. The van der Waals surface area contributed by atoms with Crippen molar-refractivity contribution in [1.82, 2.24) is 24.5 Å². The van der Waals surface area contributed by atoms with Crippen LogP contribution in [0.3, 0.4) is 0 Å². The van der Waals surface area contributed by atoms with Crippen LogP contribution in [0.2, 0.25) is 5.28 Å². The molecule has 0 radical (unpaired) electrons. The second-order valence-corrected chi connectivity index (χ2v) is 11.2. The third kappa shape index (κ3) is 6.11. The van der Waals surface area contributed by atoms with Gasteiger partial charge in [-0.3, -0.25) is 4.57 Å². The Morgan fingerprint density at radius 2 is 1.52 bits per heavy atom. The van der Waals surface area contributed by atoms with Crippen molar-refractivity contribution >= 4 is 21.4 Å². The van der Waals surface area contributed by atoms with Gasteiger partial charge in [0.1, 0.15) is 5.75 Å². The van der Waals surface area contributed by atoms with Crippen LogP contribution < -0.4 is 4.74 Å². The van der Waals surface area contributed by atoms with Crippen LogP contribution in [0.1, 0.15) is 5.69 Å². The molecule has 2 aromatic heterocycles. The molecule has 0 atom stereocenters. The van der Waals surface area contributed by atoms with Gasteiger partial charge in [0, 0.05) is 18.0 Å². The molecule has 5 rings (SSSR count). The Morgan fingerprint density at radius 1 is 0.857 bits per heavy atom. The first-order valence-corrected chi connectivity index (χ1v) is 13.9. The van der Waals surface area contributed by atoms with Crippen LogP contribution in [0.5, 0.6) is 5.75 Å². The van der Waals surface area contributed by atoms with Gasteiger partial charge in [-0.2, -0.15) is 13.2 Å². The standard InChI is InChI=1S/C26H16ClF6N5O3S/c1-42(39,40)19-4-2-3-16(11-19)17-7-10-20(37-14-23(25(28,29)30)35-24(37)27)21(12-17)38-22(13-34-36-38)15-5-8-18(9-6-15)41-26(31,32)33/h2-14H,1H3. The van der Waals surface area contributed by atoms with Gasteiger partial charge in [0.2, 0.25) is 5.28 Å². The fraction of sp³-hybridized carbons (Fsp3) is 0.115. The van der Waals surface area contributed by atoms with Crippen molar-refractivity contribution in [3.63, 3.8) is 0 Å². The van der Waals surface area contributed by atoms with E-state index in [9.17, 15) is 34.8 Å². The number of alkyl halides is 6. The van der Waals surface area contributed by atoms with Crippen LogP contribution >= 0.6 is 11.6 Å². The molecular weight excluding hydrogens is 612 g/mol. The second kappa shape index (κ2) is 10.5. The first-order valence-electron chi connectivity index (χ1n) is 11.6. The van der Waals surface area contributed by atoms with E-state index in [0.717, 1.165) is 23.0 Å². The number of imidazole rings is 1. The highest BCUT2D eigenvalue weighted by Gasteiger charge is 2.35. The number of sulfone groups is 1. The molecule has 0 amide bonds. The number of aromatic nitrogens is 5. The first kappa shape index (κ1) is 29.1. The molecule has 0 saturated carbocycles. The lowest BCUT2D eigenvalue weighted by Gasteiger charge is -2.16. The van der Waals surface area contributed by atoms with Gasteiger partial charge in [-0.25, -0.2) is 18.1 Å². The summed E-state index contributed by atoms with van der Waals surface area (Å²) in [5, 5.41) is 7.45. The minimum atomic E-state index is -4.89. The Bertz CT molecular complexity index is 1880. The van der Waals surface area contributed by atoms with E-state index in [-0.39, 0.29) is 22.0 Å². The Labute approximate surface area is 238 Å². The third-order valence-electron chi connectivity index (χ3n) is 5.94. The van der Waals surface area contributed by atoms with Gasteiger partial charge >= 0.3 is 12.5 Å². The summed E-state index contributed by atoms with van der Waals surface area (Å²) in [5.74, 6) is -0.469. The zero-order valence-corrected chi connectivity index (χ0v) is 22.6. The fourth-order valence-corrected chi connectivity index (χ4v) is 4.98. The zero-order valence-electron chi connectivity index (χ0n) is 21.0. The molecule has 218 valence electrons. The normalized spacial score (nSPS) is 12.5. The molecule has 42 heavy (non-hydrogen) atoms. The van der Waals surface area contributed by atoms with Crippen molar-refractivity contribution in [1.29, 1.82) is 0 Å². The number of benzene rings is 3. The van der Waals surface area contributed by atoms with Gasteiger partial charge in [-0.15, -0.1) is 18.3 Å². The molecule has 5 aromatic rings.